The quantitative estimate of drug-likeness (QED) is 0.870. The molecular formula is C16H20ClNO2. The minimum absolute atomic E-state index is 0.0861. The molecule has 3 nitrogen and oxygen atoms in total. The first-order chi connectivity index (χ1) is 9.74. The second-order valence-electron chi connectivity index (χ2n) is 5.76. The van der Waals surface area contributed by atoms with E-state index in [0.29, 0.717) is 17.9 Å². The maximum Gasteiger partial charge on any atom is 0.231 e. The third-order valence-electron chi connectivity index (χ3n) is 4.36. The van der Waals surface area contributed by atoms with Crippen molar-refractivity contribution in [3.63, 3.8) is 0 Å². The van der Waals surface area contributed by atoms with Crippen LogP contribution in [0.25, 0.3) is 0 Å². The summed E-state index contributed by atoms with van der Waals surface area (Å²) >= 11 is 6.10. The number of carbonyl (C=O) groups excluding carboxylic acids is 1. The van der Waals surface area contributed by atoms with Crippen molar-refractivity contribution in [1.82, 2.24) is 5.32 Å². The molecule has 108 valence electrons. The van der Waals surface area contributed by atoms with Crippen molar-refractivity contribution in [3.8, 4) is 5.75 Å². The van der Waals surface area contributed by atoms with Crippen LogP contribution < -0.4 is 10.1 Å². The topological polar surface area (TPSA) is 38.3 Å². The fourth-order valence-electron chi connectivity index (χ4n) is 3.07. The summed E-state index contributed by atoms with van der Waals surface area (Å²) < 4.78 is 5.56. The van der Waals surface area contributed by atoms with Crippen molar-refractivity contribution in [1.29, 1.82) is 0 Å². The number of fused-ring (bicyclic) bond motifs is 1. The van der Waals surface area contributed by atoms with E-state index in [4.69, 9.17) is 16.3 Å². The molecule has 1 aliphatic heterocycles. The maximum absolute atomic E-state index is 12.3. The normalized spacial score (nSPS) is 28.6. The van der Waals surface area contributed by atoms with E-state index in [1.807, 2.05) is 24.3 Å². The number of alkyl halides is 1. The van der Waals surface area contributed by atoms with Gasteiger partial charge in [-0.2, -0.15) is 0 Å². The van der Waals surface area contributed by atoms with Crippen molar-refractivity contribution in [2.45, 2.75) is 37.0 Å². The maximum atomic E-state index is 12.3. The lowest BCUT2D eigenvalue weighted by molar-refractivity contribution is -0.123. The van der Waals surface area contributed by atoms with E-state index in [2.05, 4.69) is 5.32 Å². The van der Waals surface area contributed by atoms with Crippen molar-refractivity contribution in [2.75, 3.05) is 13.2 Å². The van der Waals surface area contributed by atoms with Crippen molar-refractivity contribution in [2.24, 2.45) is 5.92 Å². The first-order valence-electron chi connectivity index (χ1n) is 7.37. The number of para-hydroxylation sites is 1. The first kappa shape index (κ1) is 13.7. The fourth-order valence-corrected chi connectivity index (χ4v) is 3.33. The summed E-state index contributed by atoms with van der Waals surface area (Å²) in [5.41, 5.74) is 1.01. The van der Waals surface area contributed by atoms with Gasteiger partial charge >= 0.3 is 0 Å². The van der Waals surface area contributed by atoms with Gasteiger partial charge in [-0.15, -0.1) is 11.6 Å². The molecule has 1 heterocycles. The molecule has 1 aliphatic carbocycles. The van der Waals surface area contributed by atoms with Crippen LogP contribution >= 0.6 is 11.6 Å². The standard InChI is InChI=1S/C16H20ClNO2/c17-12-7-5-11(6-8-12)9-18-16(19)14-10-20-15-4-2-1-3-13(14)15/h1-4,11-12,14H,5-10H2,(H,18,19). The van der Waals surface area contributed by atoms with Gasteiger partial charge in [0, 0.05) is 17.5 Å². The summed E-state index contributed by atoms with van der Waals surface area (Å²) in [4.78, 5) is 12.3. The zero-order valence-electron chi connectivity index (χ0n) is 11.5. The second kappa shape index (κ2) is 6.04. The van der Waals surface area contributed by atoms with Crippen LogP contribution in [0, 0.1) is 5.92 Å². The smallest absolute Gasteiger partial charge is 0.231 e. The van der Waals surface area contributed by atoms with Crippen LogP contribution in [0.3, 0.4) is 0 Å². The molecule has 0 spiro atoms. The number of hydrogen-bond acceptors (Lipinski definition) is 2. The van der Waals surface area contributed by atoms with E-state index in [0.717, 1.165) is 43.5 Å². The summed E-state index contributed by atoms with van der Waals surface area (Å²) in [5, 5.41) is 3.42. The molecule has 1 aromatic rings. The number of hydrogen-bond donors (Lipinski definition) is 1. The molecular weight excluding hydrogens is 274 g/mol. The third kappa shape index (κ3) is 2.93. The number of benzene rings is 1. The van der Waals surface area contributed by atoms with Gasteiger partial charge in [0.1, 0.15) is 18.3 Å². The lowest BCUT2D eigenvalue weighted by atomic mass is 9.88. The Morgan fingerprint density at radius 2 is 2.00 bits per heavy atom. The highest BCUT2D eigenvalue weighted by Crippen LogP contribution is 2.33. The van der Waals surface area contributed by atoms with Crippen LogP contribution in [-0.4, -0.2) is 24.4 Å². The van der Waals surface area contributed by atoms with E-state index < -0.39 is 0 Å². The van der Waals surface area contributed by atoms with E-state index in [-0.39, 0.29) is 11.8 Å². The van der Waals surface area contributed by atoms with Crippen LogP contribution in [0.4, 0.5) is 0 Å². The lowest BCUT2D eigenvalue weighted by Gasteiger charge is -2.25. The average Bonchev–Trinajstić information content (AvgIpc) is 2.90. The number of ether oxygens (including phenoxy) is 1. The molecule has 1 amide bonds. The number of amides is 1. The summed E-state index contributed by atoms with van der Waals surface area (Å²) in [5.74, 6) is 1.35. The van der Waals surface area contributed by atoms with E-state index in [1.54, 1.807) is 0 Å². The van der Waals surface area contributed by atoms with Crippen LogP contribution in [0.1, 0.15) is 37.2 Å². The molecule has 20 heavy (non-hydrogen) atoms. The molecule has 1 aromatic carbocycles. The number of carbonyl (C=O) groups is 1. The first-order valence-corrected chi connectivity index (χ1v) is 7.81. The van der Waals surface area contributed by atoms with Crippen LogP contribution in [-0.2, 0) is 4.79 Å². The van der Waals surface area contributed by atoms with Gasteiger partial charge in [-0.05, 0) is 37.7 Å². The Balaban J connectivity index is 1.53. The zero-order chi connectivity index (χ0) is 13.9. The Bertz CT molecular complexity index is 483. The fraction of sp³-hybridized carbons (Fsp3) is 0.562. The number of nitrogens with one attached hydrogen (secondary N) is 1. The van der Waals surface area contributed by atoms with Gasteiger partial charge < -0.3 is 10.1 Å². The minimum Gasteiger partial charge on any atom is -0.492 e. The van der Waals surface area contributed by atoms with Crippen molar-refractivity contribution >= 4 is 17.5 Å². The largest absolute Gasteiger partial charge is 0.492 e. The van der Waals surface area contributed by atoms with Crippen LogP contribution in [0.5, 0.6) is 5.75 Å². The van der Waals surface area contributed by atoms with Gasteiger partial charge in [-0.25, -0.2) is 0 Å². The molecule has 0 saturated heterocycles. The van der Waals surface area contributed by atoms with Crippen LogP contribution in [0.15, 0.2) is 24.3 Å². The van der Waals surface area contributed by atoms with Crippen molar-refractivity contribution in [3.05, 3.63) is 29.8 Å². The molecule has 1 unspecified atom stereocenters. The van der Waals surface area contributed by atoms with Crippen molar-refractivity contribution < 1.29 is 9.53 Å². The highest BCUT2D eigenvalue weighted by Gasteiger charge is 2.30. The van der Waals surface area contributed by atoms with Gasteiger partial charge in [0.05, 0.1) is 0 Å². The predicted octanol–water partition coefficient (Wildman–Crippen LogP) is 3.08. The van der Waals surface area contributed by atoms with Gasteiger partial charge in [0.25, 0.3) is 0 Å². The Morgan fingerprint density at radius 3 is 2.80 bits per heavy atom. The Hall–Kier alpha value is -1.22. The highest BCUT2D eigenvalue weighted by molar-refractivity contribution is 6.20. The van der Waals surface area contributed by atoms with Crippen LogP contribution in [0.2, 0.25) is 0 Å². The van der Waals surface area contributed by atoms with E-state index >= 15 is 0 Å². The predicted molar refractivity (Wildman–Crippen MR) is 79.3 cm³/mol. The molecule has 0 aromatic heterocycles. The molecule has 1 N–H and O–H groups in total. The van der Waals surface area contributed by atoms with Gasteiger partial charge in [-0.1, -0.05) is 18.2 Å². The summed E-state index contributed by atoms with van der Waals surface area (Å²) in [6.45, 7) is 1.22. The lowest BCUT2D eigenvalue weighted by Crippen LogP contribution is -2.35. The average molecular weight is 294 g/mol. The van der Waals surface area contributed by atoms with Gasteiger partial charge in [0.15, 0.2) is 0 Å². The van der Waals surface area contributed by atoms with Gasteiger partial charge in [0.2, 0.25) is 5.91 Å². The molecule has 1 saturated carbocycles. The minimum atomic E-state index is -0.157. The molecule has 0 radical (unpaired) electrons. The number of halogens is 1. The summed E-state index contributed by atoms with van der Waals surface area (Å²) in [6.07, 6.45) is 4.37. The molecule has 4 heteroatoms. The zero-order valence-corrected chi connectivity index (χ0v) is 12.2. The molecule has 1 atom stereocenters. The molecule has 3 rings (SSSR count). The summed E-state index contributed by atoms with van der Waals surface area (Å²) in [6, 6.07) is 7.79. The number of rotatable bonds is 3. The molecule has 2 aliphatic rings. The molecule has 1 fully saturated rings. The Kier molecular flexibility index (Phi) is 4.16. The monoisotopic (exact) mass is 293 g/mol. The Morgan fingerprint density at radius 1 is 1.25 bits per heavy atom. The second-order valence-corrected chi connectivity index (χ2v) is 6.38. The highest BCUT2D eigenvalue weighted by atomic mass is 35.5. The Labute approximate surface area is 124 Å². The SMILES string of the molecule is O=C(NCC1CCC(Cl)CC1)C1COc2ccccc21. The van der Waals surface area contributed by atoms with E-state index in [9.17, 15) is 4.79 Å². The molecule has 0 bridgehead atoms. The van der Waals surface area contributed by atoms with Gasteiger partial charge in [-0.3, -0.25) is 4.79 Å². The van der Waals surface area contributed by atoms with E-state index in [1.165, 1.54) is 0 Å². The third-order valence-corrected chi connectivity index (χ3v) is 4.79. The summed E-state index contributed by atoms with van der Waals surface area (Å²) in [7, 11) is 0.